The molecule has 1 aliphatic heterocycles. The molecular formula is C8H16N2O. The van der Waals surface area contributed by atoms with Crippen molar-refractivity contribution in [2.24, 2.45) is 0 Å². The van der Waals surface area contributed by atoms with E-state index in [1.54, 1.807) is 4.90 Å². The van der Waals surface area contributed by atoms with E-state index in [4.69, 9.17) is 0 Å². The van der Waals surface area contributed by atoms with Gasteiger partial charge >= 0.3 is 0 Å². The third-order valence-corrected chi connectivity index (χ3v) is 2.17. The third-order valence-electron chi connectivity index (χ3n) is 2.17. The molecule has 3 heteroatoms. The van der Waals surface area contributed by atoms with Crippen molar-refractivity contribution in [1.82, 2.24) is 10.2 Å². The van der Waals surface area contributed by atoms with E-state index in [0.29, 0.717) is 6.04 Å². The van der Waals surface area contributed by atoms with Gasteiger partial charge in [-0.15, -0.1) is 0 Å². The van der Waals surface area contributed by atoms with Gasteiger partial charge in [-0.1, -0.05) is 0 Å². The second-order valence-electron chi connectivity index (χ2n) is 3.17. The Balaban J connectivity index is 2.06. The van der Waals surface area contributed by atoms with E-state index >= 15 is 0 Å². The number of carbonyl (C=O) groups is 1. The van der Waals surface area contributed by atoms with Crippen LogP contribution in [0.15, 0.2) is 0 Å². The molecule has 0 aromatic rings. The predicted molar refractivity (Wildman–Crippen MR) is 44.3 cm³/mol. The van der Waals surface area contributed by atoms with E-state index in [-0.39, 0.29) is 0 Å². The van der Waals surface area contributed by atoms with Gasteiger partial charge in [0.2, 0.25) is 6.41 Å². The van der Waals surface area contributed by atoms with Crippen LogP contribution in [-0.2, 0) is 4.79 Å². The fourth-order valence-electron chi connectivity index (χ4n) is 1.42. The monoisotopic (exact) mass is 156 g/mol. The maximum Gasteiger partial charge on any atom is 0.209 e. The summed E-state index contributed by atoms with van der Waals surface area (Å²) in [5, 5.41) is 3.39. The Kier molecular flexibility index (Phi) is 3.36. The molecule has 1 fully saturated rings. The normalized spacial score (nSPS) is 23.5. The first-order chi connectivity index (χ1) is 5.33. The first-order valence-corrected chi connectivity index (χ1v) is 4.22. The van der Waals surface area contributed by atoms with Gasteiger partial charge in [-0.2, -0.15) is 0 Å². The van der Waals surface area contributed by atoms with E-state index in [1.165, 1.54) is 12.8 Å². The van der Waals surface area contributed by atoms with Crippen LogP contribution in [0.4, 0.5) is 0 Å². The molecule has 1 rings (SSSR count). The van der Waals surface area contributed by atoms with Crippen molar-refractivity contribution in [2.75, 3.05) is 20.1 Å². The molecule has 11 heavy (non-hydrogen) atoms. The Morgan fingerprint density at radius 2 is 2.55 bits per heavy atom. The largest absolute Gasteiger partial charge is 0.348 e. The van der Waals surface area contributed by atoms with Gasteiger partial charge in [0.15, 0.2) is 0 Å². The standard InChI is InChI=1S/C8H16N2O/c1-10(7-11)6-4-8-3-2-5-9-8/h7-9H,2-6H2,1H3/t8-/m0/s1. The van der Waals surface area contributed by atoms with Crippen LogP contribution in [0.1, 0.15) is 19.3 Å². The summed E-state index contributed by atoms with van der Waals surface area (Å²) in [4.78, 5) is 11.9. The van der Waals surface area contributed by atoms with E-state index in [2.05, 4.69) is 5.32 Å². The van der Waals surface area contributed by atoms with Gasteiger partial charge in [0.1, 0.15) is 0 Å². The zero-order valence-electron chi connectivity index (χ0n) is 7.05. The average molecular weight is 156 g/mol. The lowest BCUT2D eigenvalue weighted by atomic mass is 10.1. The van der Waals surface area contributed by atoms with Crippen molar-refractivity contribution < 1.29 is 4.79 Å². The first kappa shape index (κ1) is 8.53. The minimum absolute atomic E-state index is 0.650. The quantitative estimate of drug-likeness (QED) is 0.590. The van der Waals surface area contributed by atoms with E-state index in [9.17, 15) is 4.79 Å². The van der Waals surface area contributed by atoms with Crippen LogP contribution in [0, 0.1) is 0 Å². The van der Waals surface area contributed by atoms with Crippen molar-refractivity contribution in [2.45, 2.75) is 25.3 Å². The highest BCUT2D eigenvalue weighted by Crippen LogP contribution is 2.08. The van der Waals surface area contributed by atoms with Crippen LogP contribution in [-0.4, -0.2) is 37.5 Å². The summed E-state index contributed by atoms with van der Waals surface area (Å²) in [6.45, 7) is 2.02. The van der Waals surface area contributed by atoms with Crippen LogP contribution >= 0.6 is 0 Å². The molecule has 0 aromatic carbocycles. The van der Waals surface area contributed by atoms with Crippen molar-refractivity contribution in [1.29, 1.82) is 0 Å². The molecular weight excluding hydrogens is 140 g/mol. The summed E-state index contributed by atoms with van der Waals surface area (Å²) in [6.07, 6.45) is 4.53. The molecule has 0 bridgehead atoms. The molecule has 0 unspecified atom stereocenters. The van der Waals surface area contributed by atoms with E-state index in [1.807, 2.05) is 7.05 Å². The van der Waals surface area contributed by atoms with Crippen LogP contribution in [0.3, 0.4) is 0 Å². The average Bonchev–Trinajstić information content (AvgIpc) is 2.52. The summed E-state index contributed by atoms with van der Waals surface area (Å²) >= 11 is 0. The number of carbonyl (C=O) groups excluding carboxylic acids is 1. The van der Waals surface area contributed by atoms with Crippen molar-refractivity contribution in [3.63, 3.8) is 0 Å². The molecule has 1 saturated heterocycles. The lowest BCUT2D eigenvalue weighted by Gasteiger charge is -2.14. The molecule has 1 N–H and O–H groups in total. The zero-order chi connectivity index (χ0) is 8.10. The molecule has 1 atom stereocenters. The fourth-order valence-corrected chi connectivity index (χ4v) is 1.42. The van der Waals surface area contributed by atoms with Crippen LogP contribution in [0.5, 0.6) is 0 Å². The van der Waals surface area contributed by atoms with Gasteiger partial charge in [-0.3, -0.25) is 4.79 Å². The third kappa shape index (κ3) is 2.89. The molecule has 3 nitrogen and oxygen atoms in total. The van der Waals surface area contributed by atoms with Gasteiger partial charge in [0, 0.05) is 19.6 Å². The van der Waals surface area contributed by atoms with Gasteiger partial charge in [0.05, 0.1) is 0 Å². The molecule has 64 valence electrons. The Morgan fingerprint density at radius 3 is 3.09 bits per heavy atom. The second kappa shape index (κ2) is 4.34. The van der Waals surface area contributed by atoms with Gasteiger partial charge < -0.3 is 10.2 Å². The van der Waals surface area contributed by atoms with Gasteiger partial charge in [-0.25, -0.2) is 0 Å². The predicted octanol–water partition coefficient (Wildman–Crippen LogP) is 0.217. The summed E-state index contributed by atoms with van der Waals surface area (Å²) in [7, 11) is 1.82. The highest BCUT2D eigenvalue weighted by Gasteiger charge is 2.13. The minimum Gasteiger partial charge on any atom is -0.348 e. The number of hydrogen-bond donors (Lipinski definition) is 1. The lowest BCUT2D eigenvalue weighted by molar-refractivity contribution is -0.117. The Labute approximate surface area is 67.8 Å². The molecule has 1 amide bonds. The summed E-state index contributed by atoms with van der Waals surface area (Å²) in [6, 6.07) is 0.650. The van der Waals surface area contributed by atoms with Crippen molar-refractivity contribution >= 4 is 6.41 Å². The maximum atomic E-state index is 10.2. The summed E-state index contributed by atoms with van der Waals surface area (Å²) in [5.74, 6) is 0. The number of nitrogens with one attached hydrogen (secondary N) is 1. The first-order valence-electron chi connectivity index (χ1n) is 4.22. The molecule has 0 spiro atoms. The maximum absolute atomic E-state index is 10.2. The molecule has 0 radical (unpaired) electrons. The van der Waals surface area contributed by atoms with Crippen LogP contribution in [0.25, 0.3) is 0 Å². The number of rotatable bonds is 4. The van der Waals surface area contributed by atoms with Gasteiger partial charge in [0.25, 0.3) is 0 Å². The molecule has 1 aliphatic rings. The number of nitrogens with zero attached hydrogens (tertiary/aromatic N) is 1. The van der Waals surface area contributed by atoms with Gasteiger partial charge in [-0.05, 0) is 25.8 Å². The molecule has 0 saturated carbocycles. The number of amides is 1. The smallest absolute Gasteiger partial charge is 0.209 e. The minimum atomic E-state index is 0.650. The molecule has 0 aliphatic carbocycles. The van der Waals surface area contributed by atoms with Crippen LogP contribution < -0.4 is 5.32 Å². The van der Waals surface area contributed by atoms with E-state index in [0.717, 1.165) is 25.9 Å². The fraction of sp³-hybridized carbons (Fsp3) is 0.875. The summed E-state index contributed by atoms with van der Waals surface area (Å²) in [5.41, 5.74) is 0. The molecule has 0 aromatic heterocycles. The lowest BCUT2D eigenvalue weighted by Crippen LogP contribution is -2.27. The summed E-state index contributed by atoms with van der Waals surface area (Å²) < 4.78 is 0. The topological polar surface area (TPSA) is 32.3 Å². The second-order valence-corrected chi connectivity index (χ2v) is 3.17. The number of hydrogen-bond acceptors (Lipinski definition) is 2. The van der Waals surface area contributed by atoms with Crippen molar-refractivity contribution in [3.8, 4) is 0 Å². The van der Waals surface area contributed by atoms with Crippen molar-refractivity contribution in [3.05, 3.63) is 0 Å². The Hall–Kier alpha value is -0.570. The Morgan fingerprint density at radius 1 is 1.73 bits per heavy atom. The highest BCUT2D eigenvalue weighted by atomic mass is 16.1. The van der Waals surface area contributed by atoms with Crippen LogP contribution in [0.2, 0.25) is 0 Å². The SMILES string of the molecule is CN(C=O)CC[C@@H]1CCCN1. The Bertz CT molecular complexity index is 121. The molecule has 1 heterocycles. The van der Waals surface area contributed by atoms with E-state index < -0.39 is 0 Å². The zero-order valence-corrected chi connectivity index (χ0v) is 7.05. The highest BCUT2D eigenvalue weighted by molar-refractivity contribution is 5.46.